The van der Waals surface area contributed by atoms with Crippen LogP contribution in [0.15, 0.2) is 12.7 Å². The summed E-state index contributed by atoms with van der Waals surface area (Å²) >= 11 is 45.6. The summed E-state index contributed by atoms with van der Waals surface area (Å²) in [7, 11) is 0. The molecule has 10 heteroatoms. The van der Waals surface area contributed by atoms with E-state index in [4.69, 9.17) is 104 Å². The molecule has 0 aromatic rings. The van der Waals surface area contributed by atoms with Crippen LogP contribution in [-0.2, 0) is 4.79 Å². The van der Waals surface area contributed by atoms with Gasteiger partial charge in [0.25, 0.3) is 0 Å². The molecule has 0 radical (unpaired) electrons. The van der Waals surface area contributed by atoms with Gasteiger partial charge in [0, 0.05) is 0 Å². The van der Waals surface area contributed by atoms with Gasteiger partial charge in [0.1, 0.15) is 9.67 Å². The average molecular weight is 426 g/mol. The van der Waals surface area contributed by atoms with E-state index >= 15 is 0 Å². The molecule has 0 saturated heterocycles. The van der Waals surface area contributed by atoms with Crippen molar-refractivity contribution in [2.45, 2.75) is 13.5 Å². The number of carbonyl (C=O) groups is 1. The van der Waals surface area contributed by atoms with E-state index in [9.17, 15) is 4.79 Å². The molecule has 0 atom stereocenters. The number of allylic oxidation sites excluding steroid dienone is 1. The zero-order valence-electron chi connectivity index (χ0n) is 7.96. The standard InChI is InChI=1S/C3H3ClO.2C2H2Cl4/c1-2-3(4)5;3-1-2(4,5)6;3-1(4)2(5)6/h2H,1H2;1H2;1-2H. The SMILES string of the molecule is C=CC(=O)Cl.ClC(Cl)C(Cl)Cl.ClCC(Cl)(Cl)Cl. The summed E-state index contributed by atoms with van der Waals surface area (Å²) in [6.07, 6.45) is 1.04. The second kappa shape index (κ2) is 14.4. The minimum absolute atomic E-state index is 0.0394. The summed E-state index contributed by atoms with van der Waals surface area (Å²) in [5.41, 5.74) is 0. The summed E-state index contributed by atoms with van der Waals surface area (Å²) in [4.78, 5) is 8.11. The van der Waals surface area contributed by atoms with Crippen molar-refractivity contribution < 1.29 is 4.79 Å². The van der Waals surface area contributed by atoms with Crippen molar-refractivity contribution in [2.24, 2.45) is 0 Å². The fourth-order valence-electron chi connectivity index (χ4n) is 0. The van der Waals surface area contributed by atoms with Gasteiger partial charge >= 0.3 is 0 Å². The first-order chi connectivity index (χ1) is 7.47. The second-order valence-electron chi connectivity index (χ2n) is 1.93. The molecule has 0 aliphatic heterocycles. The van der Waals surface area contributed by atoms with Crippen molar-refractivity contribution in [1.29, 1.82) is 0 Å². The third kappa shape index (κ3) is 38.1. The quantitative estimate of drug-likeness (QED) is 0.295. The minimum atomic E-state index is -1.28. The second-order valence-corrected chi connectivity index (χ2v) is 7.41. The van der Waals surface area contributed by atoms with Crippen LogP contribution in [-0.4, -0.2) is 24.6 Å². The van der Waals surface area contributed by atoms with Gasteiger partial charge in [-0.2, -0.15) is 0 Å². The van der Waals surface area contributed by atoms with Crippen molar-refractivity contribution >= 4 is 110 Å². The van der Waals surface area contributed by atoms with Gasteiger partial charge in [-0.15, -0.1) is 58.0 Å². The van der Waals surface area contributed by atoms with Gasteiger partial charge in [0.05, 0.1) is 5.88 Å². The van der Waals surface area contributed by atoms with E-state index in [1.807, 2.05) is 0 Å². The van der Waals surface area contributed by atoms with Crippen LogP contribution in [0.4, 0.5) is 0 Å². The van der Waals surface area contributed by atoms with Crippen molar-refractivity contribution in [3.8, 4) is 0 Å². The van der Waals surface area contributed by atoms with Crippen molar-refractivity contribution in [3.63, 3.8) is 0 Å². The Hall–Kier alpha value is 2.02. The highest BCUT2D eigenvalue weighted by atomic mass is 35.6. The lowest BCUT2D eigenvalue weighted by molar-refractivity contribution is -0.107. The summed E-state index contributed by atoms with van der Waals surface area (Å²) in [5, 5.41) is -0.509. The lowest BCUT2D eigenvalue weighted by Gasteiger charge is -2.00. The van der Waals surface area contributed by atoms with Crippen molar-refractivity contribution in [1.82, 2.24) is 0 Å². The van der Waals surface area contributed by atoms with E-state index in [-0.39, 0.29) is 5.88 Å². The van der Waals surface area contributed by atoms with E-state index in [0.29, 0.717) is 0 Å². The fraction of sp³-hybridized carbons (Fsp3) is 0.571. The lowest BCUT2D eigenvalue weighted by atomic mass is 10.7. The van der Waals surface area contributed by atoms with Crippen LogP contribution >= 0.6 is 104 Å². The molecule has 0 aliphatic carbocycles. The van der Waals surface area contributed by atoms with E-state index in [1.165, 1.54) is 0 Å². The molecule has 17 heavy (non-hydrogen) atoms. The van der Waals surface area contributed by atoms with E-state index in [0.717, 1.165) is 6.08 Å². The zero-order valence-corrected chi connectivity index (χ0v) is 14.8. The Bertz CT molecular complexity index is 192. The molecule has 1 nitrogen and oxygen atoms in total. The molecular formula is C7H7Cl9O. The van der Waals surface area contributed by atoms with Gasteiger partial charge in [0.2, 0.25) is 9.03 Å². The Morgan fingerprint density at radius 2 is 1.29 bits per heavy atom. The van der Waals surface area contributed by atoms with Crippen LogP contribution in [0.25, 0.3) is 0 Å². The highest BCUT2D eigenvalue weighted by Crippen LogP contribution is 2.26. The predicted octanol–water partition coefficient (Wildman–Crippen LogP) is 6.13. The molecule has 0 rings (SSSR count). The maximum Gasteiger partial charge on any atom is 0.244 e. The first kappa shape index (κ1) is 24.1. The van der Waals surface area contributed by atoms with Crippen molar-refractivity contribution in [2.75, 3.05) is 5.88 Å². The Morgan fingerprint density at radius 3 is 1.29 bits per heavy atom. The Kier molecular flexibility index (Phi) is 20.4. The number of halogens is 9. The summed E-state index contributed by atoms with van der Waals surface area (Å²) in [5.74, 6) is 0.0394. The molecule has 0 bridgehead atoms. The Labute approximate surface area is 145 Å². The maximum atomic E-state index is 9.46. The fourth-order valence-corrected chi connectivity index (χ4v) is 0. The molecule has 0 spiro atoms. The molecule has 0 aliphatic rings. The smallest absolute Gasteiger partial charge is 0.244 e. The van der Waals surface area contributed by atoms with Gasteiger partial charge in [-0.05, 0) is 17.7 Å². The van der Waals surface area contributed by atoms with Gasteiger partial charge in [-0.25, -0.2) is 0 Å². The van der Waals surface area contributed by atoms with Crippen LogP contribution in [0.3, 0.4) is 0 Å². The molecule has 0 heterocycles. The molecule has 0 aromatic carbocycles. The minimum Gasteiger partial charge on any atom is -0.276 e. The van der Waals surface area contributed by atoms with Gasteiger partial charge in [-0.3, -0.25) is 4.79 Å². The van der Waals surface area contributed by atoms with Crippen LogP contribution in [0.1, 0.15) is 0 Å². The van der Waals surface area contributed by atoms with Crippen LogP contribution in [0.5, 0.6) is 0 Å². The number of hydrogen-bond acceptors (Lipinski definition) is 1. The largest absolute Gasteiger partial charge is 0.276 e. The molecule has 104 valence electrons. The third-order valence-corrected chi connectivity index (χ3v) is 3.39. The molecule has 0 N–H and O–H groups in total. The highest BCUT2D eigenvalue weighted by molar-refractivity contribution is 6.69. The molecule has 0 fully saturated rings. The third-order valence-electron chi connectivity index (χ3n) is 0.502. The van der Waals surface area contributed by atoms with Crippen LogP contribution in [0, 0.1) is 0 Å². The summed E-state index contributed by atoms with van der Waals surface area (Å²) in [6.45, 7) is 3.08. The zero-order chi connectivity index (χ0) is 14.6. The van der Waals surface area contributed by atoms with Gasteiger partial charge in [-0.1, -0.05) is 41.4 Å². The molecule has 0 amide bonds. The maximum absolute atomic E-state index is 9.46. The van der Waals surface area contributed by atoms with E-state index < -0.39 is 18.7 Å². The molecular weight excluding hydrogens is 419 g/mol. The number of hydrogen-bond donors (Lipinski definition) is 0. The summed E-state index contributed by atoms with van der Waals surface area (Å²) < 4.78 is -1.28. The van der Waals surface area contributed by atoms with Crippen LogP contribution in [0.2, 0.25) is 0 Å². The van der Waals surface area contributed by atoms with E-state index in [2.05, 4.69) is 6.58 Å². The first-order valence-corrected chi connectivity index (χ1v) is 7.28. The van der Waals surface area contributed by atoms with Crippen molar-refractivity contribution in [3.05, 3.63) is 12.7 Å². The van der Waals surface area contributed by atoms with Gasteiger partial charge < -0.3 is 0 Å². The number of carbonyl (C=O) groups excluding carboxylic acids is 1. The summed E-state index contributed by atoms with van der Waals surface area (Å²) in [6, 6.07) is 0. The normalized spacial score (nSPS) is 10.1. The number of rotatable bonds is 2. The Morgan fingerprint density at radius 1 is 1.12 bits per heavy atom. The topological polar surface area (TPSA) is 17.1 Å². The highest BCUT2D eigenvalue weighted by Gasteiger charge is 2.16. The number of alkyl halides is 8. The molecule has 0 unspecified atom stereocenters. The molecule has 0 saturated carbocycles. The molecule has 0 aromatic heterocycles. The monoisotopic (exact) mass is 422 g/mol. The first-order valence-electron chi connectivity index (χ1n) is 3.48. The predicted molar refractivity (Wildman–Crippen MR) is 83.1 cm³/mol. The average Bonchev–Trinajstić information content (AvgIpc) is 2.18. The lowest BCUT2D eigenvalue weighted by Crippen LogP contribution is -2.01. The van der Waals surface area contributed by atoms with Gasteiger partial charge in [0.15, 0.2) is 0 Å². The van der Waals surface area contributed by atoms with Crippen LogP contribution < -0.4 is 0 Å². The van der Waals surface area contributed by atoms with E-state index in [1.54, 1.807) is 0 Å². The Balaban J connectivity index is -0.000000174.